The molecule has 2 aromatic rings. The van der Waals surface area contributed by atoms with Crippen LogP contribution in [0, 0.1) is 5.92 Å². The Morgan fingerprint density at radius 3 is 2.23 bits per heavy atom. The number of esters is 1. The zero-order chi connectivity index (χ0) is 21.2. The zero-order valence-corrected chi connectivity index (χ0v) is 18.0. The molecule has 0 aliphatic carbocycles. The van der Waals surface area contributed by atoms with Gasteiger partial charge in [-0.05, 0) is 54.7 Å². The Hall–Kier alpha value is -2.31. The Morgan fingerprint density at radius 1 is 0.933 bits per heavy atom. The van der Waals surface area contributed by atoms with Gasteiger partial charge in [-0.15, -0.1) is 0 Å². The molecule has 6 heteroatoms. The van der Waals surface area contributed by atoms with Crippen LogP contribution in [-0.2, 0) is 9.31 Å². The molecule has 1 fully saturated rings. The number of carbonyl (C=O) groups excluding carboxylic acids is 1. The van der Waals surface area contributed by atoms with Gasteiger partial charge in [0.1, 0.15) is 11.5 Å². The van der Waals surface area contributed by atoms with Gasteiger partial charge in [0.05, 0.1) is 12.2 Å². The molecule has 0 saturated carbocycles. The lowest BCUT2D eigenvalue weighted by Gasteiger charge is -2.27. The molecule has 0 aromatic heterocycles. The number of hydrogen-bond acceptors (Lipinski definition) is 5. The minimum absolute atomic E-state index is 0.367. The molecule has 1 saturated heterocycles. The highest BCUT2D eigenvalue weighted by Gasteiger charge is 2.29. The second kappa shape index (κ2) is 11.8. The third kappa shape index (κ3) is 6.61. The lowest BCUT2D eigenvalue weighted by atomic mass is 9.77. The van der Waals surface area contributed by atoms with Crippen molar-refractivity contribution in [2.24, 2.45) is 5.92 Å². The summed E-state index contributed by atoms with van der Waals surface area (Å²) in [5, 5.41) is 0. The number of ether oxygens (including phenoxy) is 2. The third-order valence-corrected chi connectivity index (χ3v) is 5.11. The first-order chi connectivity index (χ1) is 14.7. The molecular weight excluding hydrogens is 379 g/mol. The summed E-state index contributed by atoms with van der Waals surface area (Å²) in [5.74, 6) is 1.33. The first-order valence-corrected chi connectivity index (χ1v) is 11.0. The Bertz CT molecular complexity index is 767. The van der Waals surface area contributed by atoms with Crippen molar-refractivity contribution in [1.82, 2.24) is 0 Å². The van der Waals surface area contributed by atoms with E-state index in [1.807, 2.05) is 12.1 Å². The number of unbranched alkanes of at least 4 members (excludes halogenated alkanes) is 2. The van der Waals surface area contributed by atoms with E-state index in [1.165, 1.54) is 19.3 Å². The molecule has 0 unspecified atom stereocenters. The van der Waals surface area contributed by atoms with E-state index in [4.69, 9.17) is 18.8 Å². The Labute approximate surface area is 179 Å². The summed E-state index contributed by atoms with van der Waals surface area (Å²) in [6.45, 7) is 6.37. The molecule has 5 nitrogen and oxygen atoms in total. The van der Waals surface area contributed by atoms with Crippen LogP contribution >= 0.6 is 0 Å². The molecule has 0 spiro atoms. The maximum absolute atomic E-state index is 12.4. The van der Waals surface area contributed by atoms with E-state index in [0.29, 0.717) is 23.8 Å². The van der Waals surface area contributed by atoms with Crippen molar-refractivity contribution < 1.29 is 23.6 Å². The van der Waals surface area contributed by atoms with E-state index in [1.54, 1.807) is 36.4 Å². The Morgan fingerprint density at radius 2 is 1.60 bits per heavy atom. The Kier molecular flexibility index (Phi) is 8.78. The molecule has 0 atom stereocenters. The smallest absolute Gasteiger partial charge is 0.493 e. The van der Waals surface area contributed by atoms with E-state index in [2.05, 4.69) is 13.8 Å². The summed E-state index contributed by atoms with van der Waals surface area (Å²) in [5.41, 5.74) is 1.40. The van der Waals surface area contributed by atoms with Crippen molar-refractivity contribution in [2.75, 3.05) is 19.8 Å². The van der Waals surface area contributed by atoms with Crippen LogP contribution in [0.2, 0.25) is 0 Å². The largest absolute Gasteiger partial charge is 0.494 e. The van der Waals surface area contributed by atoms with Crippen LogP contribution in [0.25, 0.3) is 0 Å². The molecule has 1 heterocycles. The van der Waals surface area contributed by atoms with Crippen LogP contribution in [0.15, 0.2) is 48.5 Å². The lowest BCUT2D eigenvalue weighted by Crippen LogP contribution is -2.44. The van der Waals surface area contributed by atoms with Gasteiger partial charge in [0.25, 0.3) is 0 Å². The van der Waals surface area contributed by atoms with Gasteiger partial charge in [-0.2, -0.15) is 0 Å². The van der Waals surface area contributed by atoms with E-state index in [-0.39, 0.29) is 7.12 Å². The fraction of sp³-hybridized carbons (Fsp3) is 0.458. The van der Waals surface area contributed by atoms with Crippen molar-refractivity contribution in [1.29, 1.82) is 0 Å². The molecule has 0 radical (unpaired) electrons. The third-order valence-electron chi connectivity index (χ3n) is 5.11. The number of benzene rings is 2. The molecular formula is C24H31BO5. The van der Waals surface area contributed by atoms with Gasteiger partial charge in [-0.3, -0.25) is 0 Å². The summed E-state index contributed by atoms with van der Waals surface area (Å²) in [4.78, 5) is 12.4. The number of carbonyl (C=O) groups is 1. The monoisotopic (exact) mass is 410 g/mol. The maximum Gasteiger partial charge on any atom is 0.493 e. The Balaban J connectivity index is 1.48. The van der Waals surface area contributed by atoms with E-state index < -0.39 is 5.97 Å². The molecule has 2 aromatic carbocycles. The van der Waals surface area contributed by atoms with Gasteiger partial charge < -0.3 is 18.8 Å². The second-order valence-electron chi connectivity index (χ2n) is 7.69. The van der Waals surface area contributed by atoms with Gasteiger partial charge in [0.2, 0.25) is 0 Å². The molecule has 1 aliphatic rings. The van der Waals surface area contributed by atoms with Gasteiger partial charge >= 0.3 is 13.1 Å². The van der Waals surface area contributed by atoms with Gasteiger partial charge in [0.15, 0.2) is 0 Å². The van der Waals surface area contributed by atoms with E-state index >= 15 is 0 Å². The van der Waals surface area contributed by atoms with Crippen molar-refractivity contribution in [3.8, 4) is 11.5 Å². The van der Waals surface area contributed by atoms with E-state index in [9.17, 15) is 4.79 Å². The lowest BCUT2D eigenvalue weighted by molar-refractivity contribution is 0.0733. The minimum atomic E-state index is -0.398. The molecule has 160 valence electrons. The SMILES string of the molecule is CCCCCC1COB(c2ccc(C(=O)Oc3ccc(OCCC)cc3)cc2)OC1. The molecule has 0 N–H and O–H groups in total. The van der Waals surface area contributed by atoms with Crippen LogP contribution in [0.3, 0.4) is 0 Å². The molecule has 1 aliphatic heterocycles. The van der Waals surface area contributed by atoms with Gasteiger partial charge in [-0.25, -0.2) is 4.79 Å². The predicted octanol–water partition coefficient (Wildman–Crippen LogP) is 4.63. The fourth-order valence-electron chi connectivity index (χ4n) is 3.35. The van der Waals surface area contributed by atoms with Crippen LogP contribution < -0.4 is 14.9 Å². The highest BCUT2D eigenvalue weighted by Crippen LogP contribution is 2.19. The summed E-state index contributed by atoms with van der Waals surface area (Å²) in [6.07, 6.45) is 5.81. The highest BCUT2D eigenvalue weighted by atomic mass is 16.6. The van der Waals surface area contributed by atoms with Crippen LogP contribution in [0.4, 0.5) is 0 Å². The van der Waals surface area contributed by atoms with Gasteiger partial charge in [0, 0.05) is 19.1 Å². The molecule has 0 bridgehead atoms. The summed E-state index contributed by atoms with van der Waals surface area (Å²) >= 11 is 0. The predicted molar refractivity (Wildman–Crippen MR) is 119 cm³/mol. The molecule has 0 amide bonds. The first kappa shape index (κ1) is 22.4. The average Bonchev–Trinajstić information content (AvgIpc) is 2.79. The van der Waals surface area contributed by atoms with Crippen molar-refractivity contribution in [2.45, 2.75) is 46.0 Å². The van der Waals surface area contributed by atoms with Gasteiger partial charge in [-0.1, -0.05) is 45.2 Å². The quantitative estimate of drug-likeness (QED) is 0.247. The standard InChI is InChI=1S/C24H31BO5/c1-3-5-6-7-19-17-28-25(29-18-19)21-10-8-20(9-11-21)24(26)30-23-14-12-22(13-15-23)27-16-4-2/h8-15,19H,3-7,16-18H2,1-2H3. The average molecular weight is 410 g/mol. The second-order valence-corrected chi connectivity index (χ2v) is 7.69. The minimum Gasteiger partial charge on any atom is -0.494 e. The molecule has 30 heavy (non-hydrogen) atoms. The maximum atomic E-state index is 12.4. The summed E-state index contributed by atoms with van der Waals surface area (Å²) in [6, 6.07) is 14.3. The van der Waals surface area contributed by atoms with Crippen LogP contribution in [-0.4, -0.2) is 32.9 Å². The van der Waals surface area contributed by atoms with E-state index in [0.717, 1.165) is 37.3 Å². The molecule has 3 rings (SSSR count). The van der Waals surface area contributed by atoms with Crippen LogP contribution in [0.5, 0.6) is 11.5 Å². The highest BCUT2D eigenvalue weighted by molar-refractivity contribution is 6.61. The fourth-order valence-corrected chi connectivity index (χ4v) is 3.35. The first-order valence-electron chi connectivity index (χ1n) is 11.0. The van der Waals surface area contributed by atoms with Crippen molar-refractivity contribution in [3.05, 3.63) is 54.1 Å². The number of hydrogen-bond donors (Lipinski definition) is 0. The number of rotatable bonds is 10. The van der Waals surface area contributed by atoms with Crippen LogP contribution in [0.1, 0.15) is 56.3 Å². The van der Waals surface area contributed by atoms with Crippen molar-refractivity contribution >= 4 is 18.6 Å². The summed E-state index contributed by atoms with van der Waals surface area (Å²) in [7, 11) is -0.367. The summed E-state index contributed by atoms with van der Waals surface area (Å²) < 4.78 is 22.8. The normalized spacial score (nSPS) is 14.5. The zero-order valence-electron chi connectivity index (χ0n) is 18.0. The topological polar surface area (TPSA) is 54.0 Å². The van der Waals surface area contributed by atoms with Crippen molar-refractivity contribution in [3.63, 3.8) is 0 Å².